The van der Waals surface area contributed by atoms with Crippen LogP contribution in [0, 0.1) is 6.92 Å². The van der Waals surface area contributed by atoms with E-state index >= 15 is 0 Å². The van der Waals surface area contributed by atoms with E-state index in [1.54, 1.807) is 25.1 Å². The van der Waals surface area contributed by atoms with E-state index in [1.165, 1.54) is 0 Å². The minimum atomic E-state index is -1.24. The van der Waals surface area contributed by atoms with Gasteiger partial charge in [-0.3, -0.25) is 4.79 Å². The first-order chi connectivity index (χ1) is 8.93. The van der Waals surface area contributed by atoms with Crippen LogP contribution in [0.1, 0.15) is 12.0 Å². The topological polar surface area (TPSA) is 98.5 Å². The number of aryl methyl sites for hydroxylation is 1. The molecule has 102 valence electrons. The molecule has 0 aromatic heterocycles. The summed E-state index contributed by atoms with van der Waals surface area (Å²) in [5.41, 5.74) is 6.09. The number of rotatable bonds is 5. The van der Waals surface area contributed by atoms with Crippen LogP contribution in [0.3, 0.4) is 0 Å². The SMILES string of the molecule is Cc1cc(NC(=O)C(CC=O)OC(N)=O)ccc1Cl. The van der Waals surface area contributed by atoms with E-state index in [0.717, 1.165) is 5.56 Å². The zero-order chi connectivity index (χ0) is 14.4. The second kappa shape index (κ2) is 6.75. The smallest absolute Gasteiger partial charge is 0.405 e. The molecule has 19 heavy (non-hydrogen) atoms. The summed E-state index contributed by atoms with van der Waals surface area (Å²) in [5, 5.41) is 3.08. The molecule has 6 nitrogen and oxygen atoms in total. The Morgan fingerprint density at radius 2 is 2.21 bits per heavy atom. The van der Waals surface area contributed by atoms with Crippen LogP contribution < -0.4 is 11.1 Å². The van der Waals surface area contributed by atoms with Crippen molar-refractivity contribution >= 4 is 35.6 Å². The molecule has 1 aromatic rings. The number of hydrogen-bond donors (Lipinski definition) is 2. The summed E-state index contributed by atoms with van der Waals surface area (Å²) in [6.45, 7) is 1.78. The Morgan fingerprint density at radius 3 is 2.74 bits per heavy atom. The first-order valence-electron chi connectivity index (χ1n) is 5.40. The fourth-order valence-corrected chi connectivity index (χ4v) is 1.50. The van der Waals surface area contributed by atoms with E-state index in [0.29, 0.717) is 17.0 Å². The summed E-state index contributed by atoms with van der Waals surface area (Å²) in [7, 11) is 0. The molecule has 1 atom stereocenters. The molecule has 0 heterocycles. The molecule has 1 aromatic carbocycles. The molecule has 0 aliphatic rings. The zero-order valence-electron chi connectivity index (χ0n) is 10.2. The Balaban J connectivity index is 2.77. The van der Waals surface area contributed by atoms with Gasteiger partial charge >= 0.3 is 6.09 Å². The van der Waals surface area contributed by atoms with Gasteiger partial charge in [-0.2, -0.15) is 0 Å². The minimum absolute atomic E-state index is 0.263. The summed E-state index contributed by atoms with van der Waals surface area (Å²) in [6, 6.07) is 4.87. The van der Waals surface area contributed by atoms with Crippen LogP contribution in [-0.4, -0.2) is 24.4 Å². The number of nitrogens with one attached hydrogen (secondary N) is 1. The Labute approximate surface area is 114 Å². The normalized spacial score (nSPS) is 11.5. The Kier molecular flexibility index (Phi) is 5.32. The maximum absolute atomic E-state index is 11.8. The molecule has 0 radical (unpaired) electrons. The fraction of sp³-hybridized carbons (Fsp3) is 0.250. The van der Waals surface area contributed by atoms with Crippen LogP contribution in [0.2, 0.25) is 5.02 Å². The van der Waals surface area contributed by atoms with Crippen molar-refractivity contribution in [1.82, 2.24) is 0 Å². The third-order valence-electron chi connectivity index (χ3n) is 2.29. The summed E-state index contributed by atoms with van der Waals surface area (Å²) in [6.07, 6.45) is -2.15. The van der Waals surface area contributed by atoms with Gasteiger partial charge in [-0.15, -0.1) is 0 Å². The molecule has 3 N–H and O–H groups in total. The van der Waals surface area contributed by atoms with Gasteiger partial charge in [0.25, 0.3) is 5.91 Å². The molecule has 0 fully saturated rings. The maximum Gasteiger partial charge on any atom is 0.405 e. The lowest BCUT2D eigenvalue weighted by Crippen LogP contribution is -2.34. The van der Waals surface area contributed by atoms with Gasteiger partial charge in [0.2, 0.25) is 0 Å². The van der Waals surface area contributed by atoms with E-state index in [2.05, 4.69) is 10.1 Å². The molecule has 0 aliphatic carbocycles. The van der Waals surface area contributed by atoms with E-state index in [1.807, 2.05) is 0 Å². The van der Waals surface area contributed by atoms with Gasteiger partial charge in [0.1, 0.15) is 6.29 Å². The lowest BCUT2D eigenvalue weighted by atomic mass is 10.2. The van der Waals surface area contributed by atoms with Crippen molar-refractivity contribution in [2.45, 2.75) is 19.4 Å². The van der Waals surface area contributed by atoms with Crippen molar-refractivity contribution in [1.29, 1.82) is 0 Å². The number of amides is 2. The highest BCUT2D eigenvalue weighted by molar-refractivity contribution is 6.31. The van der Waals surface area contributed by atoms with Crippen molar-refractivity contribution in [2.24, 2.45) is 5.73 Å². The van der Waals surface area contributed by atoms with Gasteiger partial charge in [0, 0.05) is 17.1 Å². The molecule has 0 bridgehead atoms. The van der Waals surface area contributed by atoms with Gasteiger partial charge < -0.3 is 20.6 Å². The van der Waals surface area contributed by atoms with E-state index in [-0.39, 0.29) is 6.42 Å². The van der Waals surface area contributed by atoms with Gasteiger partial charge in [0.05, 0.1) is 0 Å². The van der Waals surface area contributed by atoms with Crippen molar-refractivity contribution in [3.63, 3.8) is 0 Å². The summed E-state index contributed by atoms with van der Waals surface area (Å²) in [4.78, 5) is 32.8. The highest BCUT2D eigenvalue weighted by Gasteiger charge is 2.21. The first-order valence-corrected chi connectivity index (χ1v) is 5.78. The third kappa shape index (κ3) is 4.59. The Hall–Kier alpha value is -2.08. The standard InChI is InChI=1S/C12H13ClN2O4/c1-7-6-8(2-3-9(7)13)15-11(17)10(4-5-16)19-12(14)18/h2-3,5-6,10H,4H2,1H3,(H2,14,18)(H,15,17). The number of ether oxygens (including phenoxy) is 1. The fourth-order valence-electron chi connectivity index (χ4n) is 1.38. The van der Waals surface area contributed by atoms with Gasteiger partial charge in [-0.05, 0) is 30.7 Å². The number of aldehydes is 1. The molecule has 2 amide bonds. The van der Waals surface area contributed by atoms with Gasteiger partial charge in [0.15, 0.2) is 6.10 Å². The average Bonchev–Trinajstić information content (AvgIpc) is 2.33. The highest BCUT2D eigenvalue weighted by atomic mass is 35.5. The first kappa shape index (κ1) is 15.0. The van der Waals surface area contributed by atoms with Crippen LogP contribution in [0.25, 0.3) is 0 Å². The second-order valence-electron chi connectivity index (χ2n) is 3.78. The van der Waals surface area contributed by atoms with Crippen molar-refractivity contribution in [3.8, 4) is 0 Å². The number of carbonyl (C=O) groups is 3. The van der Waals surface area contributed by atoms with Crippen LogP contribution in [0.15, 0.2) is 18.2 Å². The quantitative estimate of drug-likeness (QED) is 0.803. The van der Waals surface area contributed by atoms with Crippen LogP contribution in [0.5, 0.6) is 0 Å². The van der Waals surface area contributed by atoms with E-state index in [9.17, 15) is 14.4 Å². The molecule has 1 rings (SSSR count). The number of benzene rings is 1. The number of halogens is 1. The number of nitrogens with two attached hydrogens (primary N) is 1. The van der Waals surface area contributed by atoms with Crippen molar-refractivity contribution < 1.29 is 19.1 Å². The summed E-state index contributed by atoms with van der Waals surface area (Å²) < 4.78 is 4.55. The third-order valence-corrected chi connectivity index (χ3v) is 2.71. The molecule has 1 unspecified atom stereocenters. The monoisotopic (exact) mass is 284 g/mol. The van der Waals surface area contributed by atoms with Crippen LogP contribution >= 0.6 is 11.6 Å². The van der Waals surface area contributed by atoms with Gasteiger partial charge in [-0.1, -0.05) is 11.6 Å². The molecular weight excluding hydrogens is 272 g/mol. The molecule has 7 heteroatoms. The molecule has 0 aliphatic heterocycles. The van der Waals surface area contributed by atoms with Gasteiger partial charge in [-0.25, -0.2) is 4.79 Å². The predicted molar refractivity (Wildman–Crippen MR) is 70.0 cm³/mol. The summed E-state index contributed by atoms with van der Waals surface area (Å²) in [5.74, 6) is -0.632. The highest BCUT2D eigenvalue weighted by Crippen LogP contribution is 2.19. The van der Waals surface area contributed by atoms with Crippen molar-refractivity contribution in [2.75, 3.05) is 5.32 Å². The lowest BCUT2D eigenvalue weighted by molar-refractivity contribution is -0.126. The maximum atomic E-state index is 11.8. The van der Waals surface area contributed by atoms with Crippen LogP contribution in [-0.2, 0) is 14.3 Å². The lowest BCUT2D eigenvalue weighted by Gasteiger charge is -2.14. The van der Waals surface area contributed by atoms with Crippen LogP contribution in [0.4, 0.5) is 10.5 Å². The zero-order valence-corrected chi connectivity index (χ0v) is 10.9. The summed E-state index contributed by atoms with van der Waals surface area (Å²) >= 11 is 5.85. The number of hydrogen-bond acceptors (Lipinski definition) is 4. The predicted octanol–water partition coefficient (Wildman–Crippen LogP) is 1.64. The number of primary amides is 1. The Bertz CT molecular complexity index is 505. The molecule has 0 saturated heterocycles. The van der Waals surface area contributed by atoms with E-state index in [4.69, 9.17) is 17.3 Å². The van der Waals surface area contributed by atoms with E-state index < -0.39 is 18.1 Å². The molecular formula is C12H13ClN2O4. The molecule has 0 spiro atoms. The minimum Gasteiger partial charge on any atom is -0.436 e. The number of anilines is 1. The van der Waals surface area contributed by atoms with Crippen molar-refractivity contribution in [3.05, 3.63) is 28.8 Å². The second-order valence-corrected chi connectivity index (χ2v) is 4.19. The number of carbonyl (C=O) groups excluding carboxylic acids is 3. The Morgan fingerprint density at radius 1 is 1.53 bits per heavy atom. The average molecular weight is 285 g/mol. The molecule has 0 saturated carbocycles. The largest absolute Gasteiger partial charge is 0.436 e.